The topological polar surface area (TPSA) is 58.0 Å². The minimum absolute atomic E-state index is 0.0331. The van der Waals surface area contributed by atoms with Crippen molar-refractivity contribution in [3.8, 4) is 5.75 Å². The summed E-state index contributed by atoms with van der Waals surface area (Å²) in [4.78, 5) is 2.61. The summed E-state index contributed by atoms with van der Waals surface area (Å²) in [5, 5.41) is 3.30. The van der Waals surface area contributed by atoms with Crippen LogP contribution in [0.15, 0.2) is 29.4 Å². The third-order valence-corrected chi connectivity index (χ3v) is 2.07. The predicted molar refractivity (Wildman–Crippen MR) is 59.8 cm³/mol. The Kier molecular flexibility index (Phi) is 3.58. The summed E-state index contributed by atoms with van der Waals surface area (Å²) >= 11 is 0. The van der Waals surface area contributed by atoms with Gasteiger partial charge in [0.2, 0.25) is 0 Å². The van der Waals surface area contributed by atoms with Gasteiger partial charge >= 0.3 is 0 Å². The van der Waals surface area contributed by atoms with Gasteiger partial charge in [0.25, 0.3) is 0 Å². The summed E-state index contributed by atoms with van der Waals surface area (Å²) in [7, 11) is 0. The number of azide groups is 1. The molecule has 0 saturated carbocycles. The minimum atomic E-state index is 0.0331. The Balaban J connectivity index is 2.68. The first kappa shape index (κ1) is 11.4. The normalized spacial score (nSPS) is 10.6. The highest BCUT2D eigenvalue weighted by Gasteiger charge is 2.12. The SMILES string of the molecule is CC(C)(C)c1ccc(OCN=[N+]=[N-])cc1. The average molecular weight is 205 g/mol. The van der Waals surface area contributed by atoms with Crippen molar-refractivity contribution < 1.29 is 4.74 Å². The Hall–Kier alpha value is -1.67. The minimum Gasteiger partial charge on any atom is -0.488 e. The Morgan fingerprint density at radius 2 is 1.87 bits per heavy atom. The van der Waals surface area contributed by atoms with Gasteiger partial charge in [-0.3, -0.25) is 0 Å². The van der Waals surface area contributed by atoms with Crippen molar-refractivity contribution in [1.29, 1.82) is 0 Å². The van der Waals surface area contributed by atoms with Gasteiger partial charge in [-0.25, -0.2) is 0 Å². The van der Waals surface area contributed by atoms with Crippen LogP contribution in [0.5, 0.6) is 5.75 Å². The Bertz CT molecular complexity index is 358. The first-order chi connectivity index (χ1) is 7.04. The molecule has 0 aliphatic rings. The summed E-state index contributed by atoms with van der Waals surface area (Å²) in [5.41, 5.74) is 9.46. The maximum absolute atomic E-state index is 8.07. The summed E-state index contributed by atoms with van der Waals surface area (Å²) < 4.78 is 5.19. The van der Waals surface area contributed by atoms with Crippen molar-refractivity contribution in [3.05, 3.63) is 40.3 Å². The zero-order chi connectivity index (χ0) is 11.3. The van der Waals surface area contributed by atoms with Crippen molar-refractivity contribution in [2.24, 2.45) is 5.11 Å². The highest BCUT2D eigenvalue weighted by molar-refractivity contribution is 5.30. The third-order valence-electron chi connectivity index (χ3n) is 2.07. The van der Waals surface area contributed by atoms with Crippen LogP contribution in [-0.4, -0.2) is 6.73 Å². The lowest BCUT2D eigenvalue weighted by atomic mass is 9.87. The van der Waals surface area contributed by atoms with Crippen LogP contribution in [0, 0.1) is 0 Å². The molecule has 0 aliphatic heterocycles. The number of ether oxygens (including phenoxy) is 1. The molecule has 0 amide bonds. The third kappa shape index (κ3) is 3.52. The van der Waals surface area contributed by atoms with E-state index in [-0.39, 0.29) is 12.1 Å². The molecular weight excluding hydrogens is 190 g/mol. The lowest BCUT2D eigenvalue weighted by Crippen LogP contribution is -2.10. The van der Waals surface area contributed by atoms with E-state index in [2.05, 4.69) is 30.8 Å². The molecule has 0 radical (unpaired) electrons. The van der Waals surface area contributed by atoms with E-state index in [1.54, 1.807) is 0 Å². The number of benzene rings is 1. The van der Waals surface area contributed by atoms with E-state index in [0.29, 0.717) is 0 Å². The van der Waals surface area contributed by atoms with Crippen LogP contribution < -0.4 is 4.74 Å². The van der Waals surface area contributed by atoms with Crippen molar-refractivity contribution >= 4 is 0 Å². The molecule has 0 heterocycles. The first-order valence-corrected chi connectivity index (χ1v) is 4.78. The smallest absolute Gasteiger partial charge is 0.167 e. The average Bonchev–Trinajstić information content (AvgIpc) is 2.18. The van der Waals surface area contributed by atoms with Crippen molar-refractivity contribution in [1.82, 2.24) is 0 Å². The van der Waals surface area contributed by atoms with E-state index in [0.717, 1.165) is 5.75 Å². The van der Waals surface area contributed by atoms with Crippen LogP contribution in [0.1, 0.15) is 26.3 Å². The highest BCUT2D eigenvalue weighted by Crippen LogP contribution is 2.24. The van der Waals surface area contributed by atoms with Crippen LogP contribution in [-0.2, 0) is 5.41 Å². The molecule has 0 bridgehead atoms. The van der Waals surface area contributed by atoms with Gasteiger partial charge in [-0.15, -0.1) is 0 Å². The van der Waals surface area contributed by atoms with Crippen molar-refractivity contribution in [2.45, 2.75) is 26.2 Å². The van der Waals surface area contributed by atoms with Crippen molar-refractivity contribution in [3.63, 3.8) is 0 Å². The maximum Gasteiger partial charge on any atom is 0.167 e. The summed E-state index contributed by atoms with van der Waals surface area (Å²) in [6.45, 7) is 6.50. The van der Waals surface area contributed by atoms with E-state index in [4.69, 9.17) is 10.3 Å². The zero-order valence-corrected chi connectivity index (χ0v) is 9.27. The molecule has 1 aromatic carbocycles. The quantitative estimate of drug-likeness (QED) is 0.422. The largest absolute Gasteiger partial charge is 0.488 e. The number of nitrogens with zero attached hydrogens (tertiary/aromatic N) is 3. The molecule has 0 unspecified atom stereocenters. The molecule has 0 N–H and O–H groups in total. The molecule has 0 aliphatic carbocycles. The second-order valence-electron chi connectivity index (χ2n) is 4.28. The van der Waals surface area contributed by atoms with Gasteiger partial charge < -0.3 is 4.74 Å². The van der Waals surface area contributed by atoms with Crippen LogP contribution in [0.3, 0.4) is 0 Å². The fraction of sp³-hybridized carbons (Fsp3) is 0.455. The van der Waals surface area contributed by atoms with E-state index < -0.39 is 0 Å². The van der Waals surface area contributed by atoms with E-state index in [1.165, 1.54) is 5.56 Å². The fourth-order valence-corrected chi connectivity index (χ4v) is 1.18. The summed E-state index contributed by atoms with van der Waals surface area (Å²) in [6.07, 6.45) is 0. The monoisotopic (exact) mass is 205 g/mol. The Morgan fingerprint density at radius 1 is 1.27 bits per heavy atom. The second-order valence-corrected chi connectivity index (χ2v) is 4.28. The fourth-order valence-electron chi connectivity index (χ4n) is 1.18. The van der Waals surface area contributed by atoms with Gasteiger partial charge in [0.05, 0.1) is 0 Å². The van der Waals surface area contributed by atoms with Gasteiger partial charge in [-0.1, -0.05) is 38.0 Å². The molecule has 0 spiro atoms. The summed E-state index contributed by atoms with van der Waals surface area (Å²) in [5.74, 6) is 0.718. The van der Waals surface area contributed by atoms with Crippen molar-refractivity contribution in [2.75, 3.05) is 6.73 Å². The van der Waals surface area contributed by atoms with E-state index >= 15 is 0 Å². The number of hydrogen-bond donors (Lipinski definition) is 0. The van der Waals surface area contributed by atoms with Crippen LogP contribution in [0.25, 0.3) is 10.4 Å². The maximum atomic E-state index is 8.07. The van der Waals surface area contributed by atoms with Crippen LogP contribution in [0.4, 0.5) is 0 Å². The molecule has 15 heavy (non-hydrogen) atoms. The van der Waals surface area contributed by atoms with E-state index in [1.807, 2.05) is 24.3 Å². The molecule has 0 atom stereocenters. The van der Waals surface area contributed by atoms with E-state index in [9.17, 15) is 0 Å². The predicted octanol–water partition coefficient (Wildman–Crippen LogP) is 3.63. The van der Waals surface area contributed by atoms with Crippen LogP contribution >= 0.6 is 0 Å². The van der Waals surface area contributed by atoms with Gasteiger partial charge in [0, 0.05) is 4.91 Å². The van der Waals surface area contributed by atoms with Gasteiger partial charge in [0.1, 0.15) is 5.75 Å². The second kappa shape index (κ2) is 4.71. The standard InChI is InChI=1S/C11H15N3O/c1-11(2,3)9-4-6-10(7-5-9)15-8-13-14-12/h4-7H,8H2,1-3H3. The number of hydrogen-bond acceptors (Lipinski definition) is 2. The summed E-state index contributed by atoms with van der Waals surface area (Å²) in [6, 6.07) is 7.80. The molecule has 80 valence electrons. The molecule has 4 heteroatoms. The first-order valence-electron chi connectivity index (χ1n) is 4.78. The van der Waals surface area contributed by atoms with Gasteiger partial charge in [-0.2, -0.15) is 0 Å². The molecular formula is C11H15N3O. The van der Waals surface area contributed by atoms with Gasteiger partial charge in [0.15, 0.2) is 6.73 Å². The number of rotatable bonds is 3. The highest BCUT2D eigenvalue weighted by atomic mass is 16.5. The molecule has 0 saturated heterocycles. The lowest BCUT2D eigenvalue weighted by molar-refractivity contribution is 0.329. The Morgan fingerprint density at radius 3 is 2.33 bits per heavy atom. The molecule has 4 nitrogen and oxygen atoms in total. The molecule has 1 aromatic rings. The van der Waals surface area contributed by atoms with Crippen LogP contribution in [0.2, 0.25) is 0 Å². The van der Waals surface area contributed by atoms with Gasteiger partial charge in [-0.05, 0) is 28.6 Å². The molecule has 0 aromatic heterocycles. The molecule has 0 fully saturated rings. The Labute approximate surface area is 89.5 Å². The molecule has 1 rings (SSSR count). The lowest BCUT2D eigenvalue weighted by Gasteiger charge is -2.18. The zero-order valence-electron chi connectivity index (χ0n) is 9.27.